The zero-order valence-corrected chi connectivity index (χ0v) is 19.8. The third-order valence-corrected chi connectivity index (χ3v) is 6.70. The van der Waals surface area contributed by atoms with Gasteiger partial charge in [-0.25, -0.2) is 9.97 Å². The Balaban J connectivity index is 1.32. The van der Waals surface area contributed by atoms with Crippen molar-refractivity contribution >= 4 is 0 Å². The molecule has 0 unspecified atom stereocenters. The van der Waals surface area contributed by atoms with Gasteiger partial charge in [-0.05, 0) is 81.8 Å². The van der Waals surface area contributed by atoms with Crippen LogP contribution in [0.4, 0.5) is 0 Å². The Hall–Kier alpha value is -2.22. The summed E-state index contributed by atoms with van der Waals surface area (Å²) in [6, 6.07) is 7.97. The summed E-state index contributed by atoms with van der Waals surface area (Å²) in [7, 11) is 1.67. The molecule has 0 radical (unpaired) electrons. The number of likely N-dealkylation sites (tertiary alicyclic amines) is 1. The van der Waals surface area contributed by atoms with E-state index in [2.05, 4.69) is 9.88 Å². The van der Waals surface area contributed by atoms with Crippen molar-refractivity contribution < 1.29 is 19.3 Å². The highest BCUT2D eigenvalue weighted by Crippen LogP contribution is 2.29. The van der Waals surface area contributed by atoms with Crippen molar-refractivity contribution in [3.05, 3.63) is 47.5 Å². The third-order valence-electron chi connectivity index (χ3n) is 6.70. The van der Waals surface area contributed by atoms with Crippen molar-refractivity contribution in [3.8, 4) is 11.5 Å². The van der Waals surface area contributed by atoms with E-state index in [0.717, 1.165) is 48.0 Å². The molecule has 1 N–H and O–H groups in total. The van der Waals surface area contributed by atoms with E-state index >= 15 is 0 Å². The molecule has 4 rings (SSSR count). The van der Waals surface area contributed by atoms with Crippen LogP contribution in [0.3, 0.4) is 0 Å². The van der Waals surface area contributed by atoms with E-state index < -0.39 is 5.60 Å². The number of aromatic nitrogens is 2. The molecule has 2 fully saturated rings. The minimum Gasteiger partial charge on any atom is -0.493 e. The summed E-state index contributed by atoms with van der Waals surface area (Å²) in [5.74, 6) is 2.30. The van der Waals surface area contributed by atoms with Crippen LogP contribution in [0.1, 0.15) is 55.6 Å². The van der Waals surface area contributed by atoms with Gasteiger partial charge >= 0.3 is 0 Å². The molecule has 7 heteroatoms. The molecule has 2 aromatic rings. The lowest BCUT2D eigenvalue weighted by molar-refractivity contribution is -0.0677. The molecule has 2 saturated heterocycles. The Morgan fingerprint density at radius 2 is 1.94 bits per heavy atom. The lowest BCUT2D eigenvalue weighted by Crippen LogP contribution is -2.36. The first kappa shape index (κ1) is 23.9. The molecule has 1 aromatic carbocycles. The van der Waals surface area contributed by atoms with Crippen LogP contribution in [0, 0.1) is 0 Å². The quantitative estimate of drug-likeness (QED) is 0.520. The van der Waals surface area contributed by atoms with E-state index in [1.54, 1.807) is 7.11 Å². The fourth-order valence-electron chi connectivity index (χ4n) is 4.63. The summed E-state index contributed by atoms with van der Waals surface area (Å²) in [5.41, 5.74) is 1.41. The lowest BCUT2D eigenvalue weighted by Gasteiger charge is -2.31. The number of hydrogen-bond acceptors (Lipinski definition) is 7. The minimum atomic E-state index is -0.639. The molecule has 3 heterocycles. The van der Waals surface area contributed by atoms with E-state index in [4.69, 9.17) is 19.2 Å². The molecule has 0 atom stereocenters. The molecular formula is C26H37N3O4. The summed E-state index contributed by atoms with van der Waals surface area (Å²) in [6.45, 7) is 5.45. The van der Waals surface area contributed by atoms with Gasteiger partial charge in [0.1, 0.15) is 5.82 Å². The average molecular weight is 456 g/mol. The first-order valence-electron chi connectivity index (χ1n) is 12.3. The molecule has 0 spiro atoms. The highest BCUT2D eigenvalue weighted by Gasteiger charge is 2.29. The van der Waals surface area contributed by atoms with Crippen LogP contribution in [0.2, 0.25) is 0 Å². The van der Waals surface area contributed by atoms with Crippen molar-refractivity contribution in [1.82, 2.24) is 14.9 Å². The largest absolute Gasteiger partial charge is 0.493 e. The Kier molecular flexibility index (Phi) is 8.53. The standard InChI is InChI=1S/C26H37N3O4/c1-31-23-6-5-21(19-24(23)33-16-4-15-29-13-2-3-14-29)20-25-27-12-8-22(28-25)7-9-26(30)10-17-32-18-11-26/h5-6,8,12,19,30H,2-4,7,9-11,13-18,20H2,1H3. The van der Waals surface area contributed by atoms with Crippen molar-refractivity contribution in [2.24, 2.45) is 0 Å². The van der Waals surface area contributed by atoms with Crippen molar-refractivity contribution in [3.63, 3.8) is 0 Å². The maximum atomic E-state index is 10.7. The maximum absolute atomic E-state index is 10.7. The zero-order chi connectivity index (χ0) is 22.9. The van der Waals surface area contributed by atoms with E-state index in [9.17, 15) is 5.11 Å². The molecule has 180 valence electrons. The van der Waals surface area contributed by atoms with E-state index in [0.29, 0.717) is 45.5 Å². The SMILES string of the molecule is COc1ccc(Cc2nccc(CCC3(O)CCOCC3)n2)cc1OCCCN1CCCC1. The van der Waals surface area contributed by atoms with Gasteiger partial charge in [-0.2, -0.15) is 0 Å². The number of aryl methyl sites for hydroxylation is 1. The smallest absolute Gasteiger partial charge is 0.161 e. The van der Waals surface area contributed by atoms with Gasteiger partial charge in [0.25, 0.3) is 0 Å². The van der Waals surface area contributed by atoms with Crippen LogP contribution < -0.4 is 9.47 Å². The fraction of sp³-hybridized carbons (Fsp3) is 0.615. The number of hydrogen-bond donors (Lipinski definition) is 1. The Morgan fingerprint density at radius 1 is 1.12 bits per heavy atom. The fourth-order valence-corrected chi connectivity index (χ4v) is 4.63. The molecule has 0 aliphatic carbocycles. The van der Waals surface area contributed by atoms with Crippen molar-refractivity contribution in [2.45, 2.75) is 57.0 Å². The summed E-state index contributed by atoms with van der Waals surface area (Å²) in [5, 5.41) is 10.7. The van der Waals surface area contributed by atoms with Gasteiger partial charge in [0, 0.05) is 38.1 Å². The van der Waals surface area contributed by atoms with Crippen LogP contribution in [0.25, 0.3) is 0 Å². The van der Waals surface area contributed by atoms with E-state index in [-0.39, 0.29) is 0 Å². The Bertz CT molecular complexity index is 880. The van der Waals surface area contributed by atoms with Crippen molar-refractivity contribution in [2.75, 3.05) is 46.6 Å². The molecule has 33 heavy (non-hydrogen) atoms. The van der Waals surface area contributed by atoms with Crippen molar-refractivity contribution in [1.29, 1.82) is 0 Å². The predicted octanol–water partition coefficient (Wildman–Crippen LogP) is 3.41. The third kappa shape index (κ3) is 7.13. The van der Waals surface area contributed by atoms with Gasteiger partial charge < -0.3 is 24.2 Å². The van der Waals surface area contributed by atoms with E-state index in [1.165, 1.54) is 25.9 Å². The molecule has 0 saturated carbocycles. The van der Waals surface area contributed by atoms with Crippen LogP contribution in [0.15, 0.2) is 30.5 Å². The molecule has 0 bridgehead atoms. The van der Waals surface area contributed by atoms with Gasteiger partial charge in [0.05, 0.1) is 19.3 Å². The molecule has 7 nitrogen and oxygen atoms in total. The zero-order valence-electron chi connectivity index (χ0n) is 19.8. The summed E-state index contributed by atoms with van der Waals surface area (Å²) >= 11 is 0. The monoisotopic (exact) mass is 455 g/mol. The van der Waals surface area contributed by atoms with Crippen LogP contribution in [-0.2, 0) is 17.6 Å². The summed E-state index contributed by atoms with van der Waals surface area (Å²) in [4.78, 5) is 11.7. The van der Waals surface area contributed by atoms with Gasteiger partial charge in [0.2, 0.25) is 0 Å². The van der Waals surface area contributed by atoms with Gasteiger partial charge in [0.15, 0.2) is 11.5 Å². The second kappa shape index (κ2) is 11.8. The highest BCUT2D eigenvalue weighted by molar-refractivity contribution is 5.43. The second-order valence-corrected chi connectivity index (χ2v) is 9.21. The summed E-state index contributed by atoms with van der Waals surface area (Å²) < 4.78 is 17.0. The second-order valence-electron chi connectivity index (χ2n) is 9.21. The molecule has 2 aliphatic rings. The van der Waals surface area contributed by atoms with Gasteiger partial charge in [-0.3, -0.25) is 0 Å². The first-order valence-corrected chi connectivity index (χ1v) is 12.3. The number of nitrogens with zero attached hydrogens (tertiary/aromatic N) is 3. The van der Waals surface area contributed by atoms with Gasteiger partial charge in [-0.15, -0.1) is 0 Å². The predicted molar refractivity (Wildman–Crippen MR) is 127 cm³/mol. The first-order chi connectivity index (χ1) is 16.1. The maximum Gasteiger partial charge on any atom is 0.161 e. The molecule has 1 aromatic heterocycles. The average Bonchev–Trinajstić information content (AvgIpc) is 3.35. The number of ether oxygens (including phenoxy) is 3. The number of benzene rings is 1. The van der Waals surface area contributed by atoms with Crippen LogP contribution in [-0.4, -0.2) is 72.1 Å². The minimum absolute atomic E-state index is 0.625. The topological polar surface area (TPSA) is 76.9 Å². The van der Waals surface area contributed by atoms with Crippen LogP contribution in [0.5, 0.6) is 11.5 Å². The lowest BCUT2D eigenvalue weighted by atomic mass is 9.89. The van der Waals surface area contributed by atoms with Crippen LogP contribution >= 0.6 is 0 Å². The number of aliphatic hydroxyl groups is 1. The molecule has 0 amide bonds. The normalized spacial score (nSPS) is 18.4. The number of rotatable bonds is 11. The van der Waals surface area contributed by atoms with E-state index in [1.807, 2.05) is 30.5 Å². The Labute approximate surface area is 197 Å². The number of methoxy groups -OCH3 is 1. The molecular weight excluding hydrogens is 418 g/mol. The molecule has 2 aliphatic heterocycles. The summed E-state index contributed by atoms with van der Waals surface area (Å²) in [6.07, 6.45) is 8.90. The highest BCUT2D eigenvalue weighted by atomic mass is 16.5. The van der Waals surface area contributed by atoms with Gasteiger partial charge in [-0.1, -0.05) is 6.07 Å². The Morgan fingerprint density at radius 3 is 2.73 bits per heavy atom.